The average molecular weight is 637 g/mol. The maximum Gasteiger partial charge on any atom is 0.393 e. The van der Waals surface area contributed by atoms with E-state index in [1.54, 1.807) is 40.8 Å². The van der Waals surface area contributed by atoms with E-state index >= 15 is 0 Å². The molecule has 0 aliphatic carbocycles. The number of rotatable bonds is 7. The van der Waals surface area contributed by atoms with Crippen molar-refractivity contribution in [1.82, 2.24) is 14.9 Å². The summed E-state index contributed by atoms with van der Waals surface area (Å²) in [4.78, 5) is 18.4. The van der Waals surface area contributed by atoms with Crippen LogP contribution in [-0.4, -0.2) is 39.9 Å². The van der Waals surface area contributed by atoms with Crippen LogP contribution in [0.2, 0.25) is 15.1 Å². The summed E-state index contributed by atoms with van der Waals surface area (Å²) in [5.74, 6) is -1.70. The SMILES string of the molecule is Cn1c(Nc2c(Cl)ccc(CNC(=O)/C(N)=C/C(=N)Cl)c2Cl)nc2cc(Cl)c(N3CCCC(C(F)(F)F)C3)cc21. The molecule has 1 atom stereocenters. The Morgan fingerprint density at radius 1 is 1.25 bits per heavy atom. The lowest BCUT2D eigenvalue weighted by Gasteiger charge is -2.35. The molecule has 1 amide bonds. The summed E-state index contributed by atoms with van der Waals surface area (Å²) in [6.45, 7) is 0.303. The van der Waals surface area contributed by atoms with Gasteiger partial charge in [0, 0.05) is 32.8 Å². The number of hydrogen-bond acceptors (Lipinski definition) is 6. The molecule has 0 spiro atoms. The molecule has 40 heavy (non-hydrogen) atoms. The fourth-order valence-corrected chi connectivity index (χ4v) is 5.38. The highest BCUT2D eigenvalue weighted by molar-refractivity contribution is 6.67. The molecule has 3 aromatic rings. The Bertz CT molecular complexity index is 1510. The number of allylic oxidation sites excluding steroid dienone is 1. The first-order valence-corrected chi connectivity index (χ1v) is 13.5. The van der Waals surface area contributed by atoms with Crippen LogP contribution in [0.25, 0.3) is 11.0 Å². The van der Waals surface area contributed by atoms with Gasteiger partial charge >= 0.3 is 6.18 Å². The first-order valence-electron chi connectivity index (χ1n) is 12.0. The summed E-state index contributed by atoms with van der Waals surface area (Å²) in [6.07, 6.45) is -2.76. The lowest BCUT2D eigenvalue weighted by Crippen LogP contribution is -2.41. The average Bonchev–Trinajstić information content (AvgIpc) is 3.18. The molecule has 2 heterocycles. The molecule has 1 aliphatic rings. The van der Waals surface area contributed by atoms with Crippen molar-refractivity contribution in [2.24, 2.45) is 18.7 Å². The molecule has 4 rings (SSSR count). The van der Waals surface area contributed by atoms with Gasteiger partial charge in [-0.1, -0.05) is 52.5 Å². The summed E-state index contributed by atoms with van der Waals surface area (Å²) in [5, 5.41) is 13.3. The minimum absolute atomic E-state index is 0.00391. The molecule has 0 radical (unpaired) electrons. The normalized spacial score (nSPS) is 16.4. The Hall–Kier alpha value is -2.86. The van der Waals surface area contributed by atoms with Crippen molar-refractivity contribution in [1.29, 1.82) is 5.41 Å². The van der Waals surface area contributed by atoms with Gasteiger partial charge < -0.3 is 25.8 Å². The number of aryl methyl sites for hydroxylation is 1. The predicted octanol–water partition coefficient (Wildman–Crippen LogP) is 6.73. The molecular weight excluding hydrogens is 613 g/mol. The number of benzene rings is 2. The number of nitrogens with zero attached hydrogens (tertiary/aromatic N) is 3. The lowest BCUT2D eigenvalue weighted by atomic mass is 9.97. The molecule has 1 aliphatic heterocycles. The molecule has 214 valence electrons. The Labute approximate surface area is 247 Å². The van der Waals surface area contributed by atoms with E-state index in [1.807, 2.05) is 0 Å². The molecule has 1 unspecified atom stereocenters. The molecule has 1 aromatic heterocycles. The first-order chi connectivity index (χ1) is 18.8. The van der Waals surface area contributed by atoms with Gasteiger partial charge in [-0.05, 0) is 36.6 Å². The summed E-state index contributed by atoms with van der Waals surface area (Å²) < 4.78 is 41.8. The van der Waals surface area contributed by atoms with Crippen LogP contribution in [0, 0.1) is 11.3 Å². The third kappa shape index (κ3) is 6.54. The monoisotopic (exact) mass is 635 g/mol. The second-order valence-corrected chi connectivity index (χ2v) is 10.9. The van der Waals surface area contributed by atoms with Crippen molar-refractivity contribution in [3.05, 3.63) is 56.7 Å². The Kier molecular flexibility index (Phi) is 8.99. The van der Waals surface area contributed by atoms with E-state index in [2.05, 4.69) is 15.6 Å². The zero-order chi connectivity index (χ0) is 29.4. The van der Waals surface area contributed by atoms with Gasteiger partial charge in [0.25, 0.3) is 5.91 Å². The van der Waals surface area contributed by atoms with Crippen molar-refractivity contribution in [3.63, 3.8) is 0 Å². The van der Waals surface area contributed by atoms with E-state index < -0.39 is 18.0 Å². The molecule has 0 bridgehead atoms. The van der Waals surface area contributed by atoms with Crippen molar-refractivity contribution < 1.29 is 18.0 Å². The zero-order valence-corrected chi connectivity index (χ0v) is 24.0. The van der Waals surface area contributed by atoms with Crippen LogP contribution in [-0.2, 0) is 18.4 Å². The number of nitrogens with two attached hydrogens (primary N) is 1. The fraction of sp³-hybridized carbons (Fsp3) is 0.320. The number of carbonyl (C=O) groups excluding carboxylic acids is 1. The van der Waals surface area contributed by atoms with Gasteiger partial charge in [0.2, 0.25) is 5.95 Å². The predicted molar refractivity (Wildman–Crippen MR) is 154 cm³/mol. The summed E-state index contributed by atoms with van der Waals surface area (Å²) in [5.41, 5.74) is 7.88. The van der Waals surface area contributed by atoms with Gasteiger partial charge in [-0.2, -0.15) is 13.2 Å². The maximum absolute atomic E-state index is 13.4. The first kappa shape index (κ1) is 30.1. The largest absolute Gasteiger partial charge is 0.394 e. The molecule has 8 nitrogen and oxygen atoms in total. The molecule has 1 saturated heterocycles. The van der Waals surface area contributed by atoms with Crippen molar-refractivity contribution in [3.8, 4) is 0 Å². The number of alkyl halides is 3. The number of carbonyl (C=O) groups is 1. The molecule has 1 fully saturated rings. The zero-order valence-electron chi connectivity index (χ0n) is 21.0. The minimum atomic E-state index is -4.27. The number of fused-ring (bicyclic) bond motifs is 1. The summed E-state index contributed by atoms with van der Waals surface area (Å²) in [7, 11) is 1.74. The van der Waals surface area contributed by atoms with Crippen LogP contribution in [0.5, 0.6) is 0 Å². The van der Waals surface area contributed by atoms with Crippen molar-refractivity contribution in [2.45, 2.75) is 25.6 Å². The van der Waals surface area contributed by atoms with Gasteiger partial charge in [-0.3, -0.25) is 10.2 Å². The van der Waals surface area contributed by atoms with Crippen molar-refractivity contribution >= 4 is 85.8 Å². The smallest absolute Gasteiger partial charge is 0.393 e. The molecule has 2 aromatic carbocycles. The van der Waals surface area contributed by atoms with Gasteiger partial charge in [-0.25, -0.2) is 4.98 Å². The number of nitrogens with one attached hydrogen (secondary N) is 3. The second-order valence-electron chi connectivity index (χ2n) is 9.26. The maximum atomic E-state index is 13.4. The van der Waals surface area contributed by atoms with Crippen LogP contribution in [0.15, 0.2) is 36.0 Å². The Balaban J connectivity index is 1.60. The number of amides is 1. The van der Waals surface area contributed by atoms with Crippen LogP contribution < -0.4 is 21.3 Å². The van der Waals surface area contributed by atoms with Crippen LogP contribution >= 0.6 is 46.4 Å². The summed E-state index contributed by atoms with van der Waals surface area (Å²) in [6, 6.07) is 6.56. The lowest BCUT2D eigenvalue weighted by molar-refractivity contribution is -0.176. The fourth-order valence-electron chi connectivity index (χ4n) is 4.46. The molecular formula is C25H24Cl4F3N7O. The minimum Gasteiger partial charge on any atom is -0.394 e. The standard InChI is InChI=1S/C25H24Cl4F3N7O/c1-38-19-9-18(39-6-2-3-13(11-39)25(30,31)32)15(27)7-17(19)36-24(38)37-22-14(26)5-4-12(21(22)29)10-35-23(40)16(33)8-20(28)34/h4-5,7-9,13,34H,2-3,6,10-11,33H2,1H3,(H,35,40)(H,36,37)/b16-8-,34-20?. The van der Waals surface area contributed by atoms with Crippen LogP contribution in [0.1, 0.15) is 18.4 Å². The number of piperidine rings is 1. The summed E-state index contributed by atoms with van der Waals surface area (Å²) >= 11 is 25.0. The van der Waals surface area contributed by atoms with E-state index in [0.29, 0.717) is 51.9 Å². The van der Waals surface area contributed by atoms with Crippen LogP contribution in [0.4, 0.5) is 30.5 Å². The Morgan fingerprint density at radius 3 is 2.65 bits per heavy atom. The van der Waals surface area contributed by atoms with E-state index in [0.717, 1.165) is 6.08 Å². The van der Waals surface area contributed by atoms with E-state index in [4.69, 9.17) is 57.5 Å². The highest BCUT2D eigenvalue weighted by Crippen LogP contribution is 2.40. The number of hydrogen-bond donors (Lipinski definition) is 4. The number of halogens is 7. The number of aromatic nitrogens is 2. The highest BCUT2D eigenvalue weighted by atomic mass is 35.5. The van der Waals surface area contributed by atoms with Crippen molar-refractivity contribution in [2.75, 3.05) is 23.3 Å². The van der Waals surface area contributed by atoms with Gasteiger partial charge in [0.15, 0.2) is 0 Å². The second kappa shape index (κ2) is 11.9. The number of imidazole rings is 1. The topological polar surface area (TPSA) is 112 Å². The molecule has 15 heteroatoms. The highest BCUT2D eigenvalue weighted by Gasteiger charge is 2.42. The Morgan fingerprint density at radius 2 is 1.98 bits per heavy atom. The van der Waals surface area contributed by atoms with E-state index in [1.165, 1.54) is 0 Å². The molecule has 0 saturated carbocycles. The van der Waals surface area contributed by atoms with Gasteiger partial charge in [-0.15, -0.1) is 0 Å². The van der Waals surface area contributed by atoms with E-state index in [9.17, 15) is 18.0 Å². The molecule has 5 N–H and O–H groups in total. The van der Waals surface area contributed by atoms with Gasteiger partial charge in [0.05, 0.1) is 43.4 Å². The van der Waals surface area contributed by atoms with Crippen LogP contribution in [0.3, 0.4) is 0 Å². The number of anilines is 3. The third-order valence-electron chi connectivity index (χ3n) is 6.57. The van der Waals surface area contributed by atoms with Gasteiger partial charge in [0.1, 0.15) is 10.9 Å². The quantitative estimate of drug-likeness (QED) is 0.170. The van der Waals surface area contributed by atoms with E-state index in [-0.39, 0.29) is 40.4 Å². The third-order valence-corrected chi connectivity index (χ3v) is 7.72.